The van der Waals surface area contributed by atoms with Crippen LogP contribution in [0, 0.1) is 5.82 Å². The fourth-order valence-corrected chi connectivity index (χ4v) is 2.20. The average Bonchev–Trinajstić information content (AvgIpc) is 3.16. The molecule has 0 saturated carbocycles. The fraction of sp³-hybridized carbons (Fsp3) is 0. The Kier molecular flexibility index (Phi) is 5.24. The Labute approximate surface area is 149 Å². The van der Waals surface area contributed by atoms with Gasteiger partial charge in [-0.05, 0) is 60.7 Å². The summed E-state index contributed by atoms with van der Waals surface area (Å²) in [6, 6.07) is 15.4. The molecule has 0 aliphatic carbocycles. The lowest BCUT2D eigenvalue weighted by atomic mass is 10.1. The number of carbonyl (C=O) groups is 2. The molecular weight excluding hydrogens is 335 g/mol. The SMILES string of the molecule is O=C(/C=C/c1ccco1)Nc1cccc(C(=O)Nc2ccc(F)cc2)c1. The highest BCUT2D eigenvalue weighted by molar-refractivity contribution is 6.06. The van der Waals surface area contributed by atoms with Crippen LogP contribution in [0.25, 0.3) is 6.08 Å². The molecular formula is C20H15FN2O3. The minimum atomic E-state index is -0.379. The van der Waals surface area contributed by atoms with Gasteiger partial charge in [-0.1, -0.05) is 6.07 Å². The van der Waals surface area contributed by atoms with Crippen molar-refractivity contribution in [1.82, 2.24) is 0 Å². The van der Waals surface area contributed by atoms with Gasteiger partial charge in [0.1, 0.15) is 11.6 Å². The van der Waals surface area contributed by atoms with E-state index in [1.807, 2.05) is 0 Å². The second kappa shape index (κ2) is 7.94. The molecule has 0 aliphatic heterocycles. The minimum Gasteiger partial charge on any atom is -0.465 e. The van der Waals surface area contributed by atoms with Gasteiger partial charge < -0.3 is 15.1 Å². The summed E-state index contributed by atoms with van der Waals surface area (Å²) in [4.78, 5) is 24.2. The van der Waals surface area contributed by atoms with Gasteiger partial charge in [0.25, 0.3) is 5.91 Å². The standard InChI is InChI=1S/C20H15FN2O3/c21-15-6-8-16(9-7-15)23-20(25)14-3-1-4-17(13-14)22-19(24)11-10-18-5-2-12-26-18/h1-13H,(H,22,24)(H,23,25)/b11-10+. The molecule has 2 amide bonds. The molecule has 0 saturated heterocycles. The van der Waals surface area contributed by atoms with Crippen LogP contribution in [-0.2, 0) is 4.79 Å². The molecule has 0 fully saturated rings. The summed E-state index contributed by atoms with van der Waals surface area (Å²) in [5.41, 5.74) is 1.32. The monoisotopic (exact) mass is 350 g/mol. The van der Waals surface area contributed by atoms with Crippen LogP contribution in [0.15, 0.2) is 77.4 Å². The van der Waals surface area contributed by atoms with Crippen LogP contribution in [-0.4, -0.2) is 11.8 Å². The number of anilines is 2. The quantitative estimate of drug-likeness (QED) is 0.673. The van der Waals surface area contributed by atoms with E-state index in [1.165, 1.54) is 36.6 Å². The summed E-state index contributed by atoms with van der Waals surface area (Å²) >= 11 is 0. The van der Waals surface area contributed by atoms with Crippen LogP contribution in [0.2, 0.25) is 0 Å². The number of carbonyl (C=O) groups excluding carboxylic acids is 2. The van der Waals surface area contributed by atoms with Crippen LogP contribution < -0.4 is 10.6 Å². The Morgan fingerprint density at radius 2 is 1.73 bits per heavy atom. The van der Waals surface area contributed by atoms with E-state index in [0.29, 0.717) is 22.7 Å². The molecule has 0 radical (unpaired) electrons. The van der Waals surface area contributed by atoms with E-state index >= 15 is 0 Å². The third-order valence-corrected chi connectivity index (χ3v) is 3.44. The smallest absolute Gasteiger partial charge is 0.255 e. The highest BCUT2D eigenvalue weighted by Gasteiger charge is 2.08. The number of amides is 2. The summed E-state index contributed by atoms with van der Waals surface area (Å²) < 4.78 is 18.0. The first-order valence-corrected chi connectivity index (χ1v) is 7.80. The molecule has 2 aromatic carbocycles. The highest BCUT2D eigenvalue weighted by Crippen LogP contribution is 2.14. The summed E-state index contributed by atoms with van der Waals surface area (Å²) in [5.74, 6) is -0.529. The molecule has 2 N–H and O–H groups in total. The van der Waals surface area contributed by atoms with Crippen molar-refractivity contribution >= 4 is 29.3 Å². The van der Waals surface area contributed by atoms with E-state index in [-0.39, 0.29) is 17.6 Å². The molecule has 6 heteroatoms. The zero-order valence-corrected chi connectivity index (χ0v) is 13.6. The number of halogens is 1. The van der Waals surface area contributed by atoms with Gasteiger partial charge in [-0.2, -0.15) is 0 Å². The third kappa shape index (κ3) is 4.67. The van der Waals surface area contributed by atoms with Gasteiger partial charge in [0, 0.05) is 23.0 Å². The van der Waals surface area contributed by atoms with Crippen molar-refractivity contribution in [2.24, 2.45) is 0 Å². The molecule has 1 aromatic heterocycles. The summed E-state index contributed by atoms with van der Waals surface area (Å²) in [6.07, 6.45) is 4.39. The van der Waals surface area contributed by atoms with Gasteiger partial charge in [0.15, 0.2) is 0 Å². The van der Waals surface area contributed by atoms with Crippen molar-refractivity contribution in [2.45, 2.75) is 0 Å². The van der Waals surface area contributed by atoms with Gasteiger partial charge in [-0.3, -0.25) is 9.59 Å². The molecule has 1 heterocycles. The van der Waals surface area contributed by atoms with Crippen LogP contribution in [0.1, 0.15) is 16.1 Å². The Morgan fingerprint density at radius 3 is 2.46 bits per heavy atom. The second-order valence-electron chi connectivity index (χ2n) is 5.38. The number of hydrogen-bond acceptors (Lipinski definition) is 3. The molecule has 0 aliphatic rings. The normalized spacial score (nSPS) is 10.7. The molecule has 5 nitrogen and oxygen atoms in total. The molecule has 0 atom stereocenters. The average molecular weight is 350 g/mol. The minimum absolute atomic E-state index is 0.350. The van der Waals surface area contributed by atoms with Gasteiger partial charge in [0.05, 0.1) is 6.26 Å². The van der Waals surface area contributed by atoms with E-state index in [0.717, 1.165) is 0 Å². The van der Waals surface area contributed by atoms with Gasteiger partial charge in [-0.15, -0.1) is 0 Å². The zero-order chi connectivity index (χ0) is 18.4. The maximum absolute atomic E-state index is 12.9. The zero-order valence-electron chi connectivity index (χ0n) is 13.6. The third-order valence-electron chi connectivity index (χ3n) is 3.44. The van der Waals surface area contributed by atoms with Crippen molar-refractivity contribution < 1.29 is 18.4 Å². The number of nitrogens with one attached hydrogen (secondary N) is 2. The Hall–Kier alpha value is -3.67. The molecule has 0 spiro atoms. The Bertz CT molecular complexity index is 932. The summed E-state index contributed by atoms with van der Waals surface area (Å²) in [6.45, 7) is 0. The van der Waals surface area contributed by atoms with E-state index < -0.39 is 0 Å². The van der Waals surface area contributed by atoms with Gasteiger partial charge in [0.2, 0.25) is 5.91 Å². The van der Waals surface area contributed by atoms with Crippen molar-refractivity contribution in [2.75, 3.05) is 10.6 Å². The Morgan fingerprint density at radius 1 is 0.923 bits per heavy atom. The van der Waals surface area contributed by atoms with E-state index in [4.69, 9.17) is 4.42 Å². The lowest BCUT2D eigenvalue weighted by molar-refractivity contribution is -0.111. The lowest BCUT2D eigenvalue weighted by Gasteiger charge is -2.07. The molecule has 130 valence electrons. The maximum Gasteiger partial charge on any atom is 0.255 e. The lowest BCUT2D eigenvalue weighted by Crippen LogP contribution is -2.13. The topological polar surface area (TPSA) is 71.3 Å². The molecule has 0 bridgehead atoms. The van der Waals surface area contributed by atoms with Crippen molar-refractivity contribution in [3.8, 4) is 0 Å². The number of benzene rings is 2. The largest absolute Gasteiger partial charge is 0.465 e. The van der Waals surface area contributed by atoms with E-state index in [2.05, 4.69) is 10.6 Å². The first-order valence-electron chi connectivity index (χ1n) is 7.80. The van der Waals surface area contributed by atoms with Crippen LogP contribution in [0.4, 0.5) is 15.8 Å². The van der Waals surface area contributed by atoms with Crippen molar-refractivity contribution in [3.63, 3.8) is 0 Å². The number of rotatable bonds is 5. The summed E-state index contributed by atoms with van der Waals surface area (Å²) in [5, 5.41) is 5.34. The van der Waals surface area contributed by atoms with Crippen molar-refractivity contribution in [3.05, 3.63) is 90.1 Å². The predicted octanol–water partition coefficient (Wildman–Crippen LogP) is 4.32. The van der Waals surface area contributed by atoms with E-state index in [9.17, 15) is 14.0 Å². The van der Waals surface area contributed by atoms with Crippen molar-refractivity contribution in [1.29, 1.82) is 0 Å². The van der Waals surface area contributed by atoms with Crippen LogP contribution in [0.5, 0.6) is 0 Å². The predicted molar refractivity (Wildman–Crippen MR) is 97.2 cm³/mol. The molecule has 3 rings (SSSR count). The van der Waals surface area contributed by atoms with E-state index in [1.54, 1.807) is 42.5 Å². The van der Waals surface area contributed by atoms with Crippen LogP contribution >= 0.6 is 0 Å². The second-order valence-corrected chi connectivity index (χ2v) is 5.38. The Balaban J connectivity index is 1.64. The fourth-order valence-electron chi connectivity index (χ4n) is 2.20. The van der Waals surface area contributed by atoms with Crippen LogP contribution in [0.3, 0.4) is 0 Å². The van der Waals surface area contributed by atoms with Gasteiger partial charge in [-0.25, -0.2) is 4.39 Å². The first-order chi connectivity index (χ1) is 12.6. The first kappa shape index (κ1) is 17.2. The maximum atomic E-state index is 12.9. The summed E-state index contributed by atoms with van der Waals surface area (Å²) in [7, 11) is 0. The number of furan rings is 1. The molecule has 26 heavy (non-hydrogen) atoms. The highest BCUT2D eigenvalue weighted by atomic mass is 19.1. The molecule has 3 aromatic rings. The molecule has 0 unspecified atom stereocenters. The number of hydrogen-bond donors (Lipinski definition) is 2. The van der Waals surface area contributed by atoms with Gasteiger partial charge >= 0.3 is 0 Å².